The van der Waals surface area contributed by atoms with Crippen LogP contribution in [-0.2, 0) is 16.1 Å². The molecule has 5 nitrogen and oxygen atoms in total. The van der Waals surface area contributed by atoms with Crippen molar-refractivity contribution in [2.24, 2.45) is 0 Å². The van der Waals surface area contributed by atoms with Crippen molar-refractivity contribution in [2.75, 3.05) is 13.2 Å². The Kier molecular flexibility index (Phi) is 11.7. The Balaban J connectivity index is 2.26. The number of halogens is 3. The Bertz CT molecular complexity index is 964. The van der Waals surface area contributed by atoms with Gasteiger partial charge in [-0.25, -0.2) is 0 Å². The molecule has 2 rings (SSSR count). The SMILES string of the molecule is CCCCNC(=O)[C@@H](CC)N(Cc1c(Cl)cccc1Cl)C(=O)COc1ccc(C(C)C)cc1Br. The molecule has 0 heterocycles. The molecule has 0 aliphatic rings. The van der Waals surface area contributed by atoms with E-state index in [9.17, 15) is 9.59 Å². The molecule has 0 spiro atoms. The lowest BCUT2D eigenvalue weighted by atomic mass is 10.0. The zero-order chi connectivity index (χ0) is 25.3. The van der Waals surface area contributed by atoms with Crippen LogP contribution < -0.4 is 10.1 Å². The van der Waals surface area contributed by atoms with Crippen LogP contribution in [-0.4, -0.2) is 35.9 Å². The first-order chi connectivity index (χ1) is 16.2. The lowest BCUT2D eigenvalue weighted by Crippen LogP contribution is -2.50. The molecule has 8 heteroatoms. The molecule has 2 aromatic carbocycles. The molecule has 34 heavy (non-hydrogen) atoms. The molecule has 2 aromatic rings. The van der Waals surface area contributed by atoms with E-state index >= 15 is 0 Å². The van der Waals surface area contributed by atoms with Crippen molar-refractivity contribution in [3.8, 4) is 5.75 Å². The molecule has 1 N–H and O–H groups in total. The van der Waals surface area contributed by atoms with Crippen LogP contribution in [0.3, 0.4) is 0 Å². The number of nitrogens with one attached hydrogen (secondary N) is 1. The predicted octanol–water partition coefficient (Wildman–Crippen LogP) is 6.98. The van der Waals surface area contributed by atoms with E-state index in [0.717, 1.165) is 22.9 Å². The molecule has 2 amide bonds. The van der Waals surface area contributed by atoms with E-state index in [0.29, 0.717) is 40.2 Å². The van der Waals surface area contributed by atoms with Gasteiger partial charge in [0.25, 0.3) is 5.91 Å². The summed E-state index contributed by atoms with van der Waals surface area (Å²) in [5.74, 6) is 0.413. The fourth-order valence-corrected chi connectivity index (χ4v) is 4.52. The van der Waals surface area contributed by atoms with Gasteiger partial charge in [0.2, 0.25) is 5.91 Å². The van der Waals surface area contributed by atoms with Gasteiger partial charge in [-0.15, -0.1) is 0 Å². The van der Waals surface area contributed by atoms with E-state index in [-0.39, 0.29) is 25.0 Å². The van der Waals surface area contributed by atoms with Gasteiger partial charge < -0.3 is 15.0 Å². The summed E-state index contributed by atoms with van der Waals surface area (Å²) in [5, 5.41) is 3.83. The summed E-state index contributed by atoms with van der Waals surface area (Å²) >= 11 is 16.3. The summed E-state index contributed by atoms with van der Waals surface area (Å²) in [6.07, 6.45) is 2.28. The van der Waals surface area contributed by atoms with E-state index in [1.165, 1.54) is 4.90 Å². The second-order valence-electron chi connectivity index (χ2n) is 8.42. The largest absolute Gasteiger partial charge is 0.483 e. The van der Waals surface area contributed by atoms with Crippen LogP contribution in [0.4, 0.5) is 0 Å². The van der Waals surface area contributed by atoms with Crippen molar-refractivity contribution >= 4 is 50.9 Å². The van der Waals surface area contributed by atoms with Gasteiger partial charge >= 0.3 is 0 Å². The number of hydrogen-bond donors (Lipinski definition) is 1. The maximum atomic E-state index is 13.4. The van der Waals surface area contributed by atoms with Gasteiger partial charge in [0.15, 0.2) is 6.61 Å². The third kappa shape index (κ3) is 7.89. The molecule has 186 valence electrons. The van der Waals surface area contributed by atoms with Crippen molar-refractivity contribution in [2.45, 2.75) is 65.5 Å². The van der Waals surface area contributed by atoms with E-state index in [1.54, 1.807) is 18.2 Å². The molecule has 0 aromatic heterocycles. The second-order valence-corrected chi connectivity index (χ2v) is 10.1. The summed E-state index contributed by atoms with van der Waals surface area (Å²) in [6, 6.07) is 10.3. The number of benzene rings is 2. The molecule has 0 aliphatic heterocycles. The monoisotopic (exact) mass is 570 g/mol. The van der Waals surface area contributed by atoms with Crippen molar-refractivity contribution in [1.82, 2.24) is 10.2 Å². The van der Waals surface area contributed by atoms with Gasteiger partial charge in [0.05, 0.1) is 4.47 Å². The molecule has 0 saturated heterocycles. The summed E-state index contributed by atoms with van der Waals surface area (Å²) in [4.78, 5) is 27.9. The number of carbonyl (C=O) groups is 2. The average molecular weight is 572 g/mol. The van der Waals surface area contributed by atoms with Crippen LogP contribution >= 0.6 is 39.1 Å². The number of amides is 2. The summed E-state index contributed by atoms with van der Waals surface area (Å²) in [6.45, 7) is 8.60. The third-order valence-electron chi connectivity index (χ3n) is 5.58. The van der Waals surface area contributed by atoms with Crippen LogP contribution in [0.15, 0.2) is 40.9 Å². The number of unbranched alkanes of at least 4 members (excludes halogenated alkanes) is 1. The second kappa shape index (κ2) is 14.0. The van der Waals surface area contributed by atoms with Crippen molar-refractivity contribution in [1.29, 1.82) is 0 Å². The van der Waals surface area contributed by atoms with Crippen LogP contribution in [0.5, 0.6) is 5.75 Å². The Morgan fingerprint density at radius 1 is 1.12 bits per heavy atom. The van der Waals surface area contributed by atoms with Crippen LogP contribution in [0.2, 0.25) is 10.0 Å². The highest BCUT2D eigenvalue weighted by Gasteiger charge is 2.30. The molecule has 0 bridgehead atoms. The average Bonchev–Trinajstić information content (AvgIpc) is 2.79. The van der Waals surface area contributed by atoms with Gasteiger partial charge in [0.1, 0.15) is 11.8 Å². The predicted molar refractivity (Wildman–Crippen MR) is 143 cm³/mol. The highest BCUT2D eigenvalue weighted by molar-refractivity contribution is 9.10. The highest BCUT2D eigenvalue weighted by atomic mass is 79.9. The van der Waals surface area contributed by atoms with E-state index in [4.69, 9.17) is 27.9 Å². The van der Waals surface area contributed by atoms with E-state index < -0.39 is 6.04 Å². The van der Waals surface area contributed by atoms with Gasteiger partial charge in [0, 0.05) is 28.7 Å². The smallest absolute Gasteiger partial charge is 0.261 e. The van der Waals surface area contributed by atoms with Gasteiger partial charge in [-0.1, -0.05) is 69.5 Å². The molecular weight excluding hydrogens is 539 g/mol. The van der Waals surface area contributed by atoms with Crippen molar-refractivity contribution in [3.05, 3.63) is 62.0 Å². The molecule has 0 radical (unpaired) electrons. The summed E-state index contributed by atoms with van der Waals surface area (Å²) in [7, 11) is 0. The molecule has 1 atom stereocenters. The standard InChI is InChI=1S/C26H33BrCl2N2O3/c1-5-7-13-30-26(33)23(6-2)31(15-19-21(28)9-8-10-22(19)29)25(32)16-34-24-12-11-18(17(3)4)14-20(24)27/h8-12,14,17,23H,5-7,13,15-16H2,1-4H3,(H,30,33)/t23-/m1/s1. The first-order valence-electron chi connectivity index (χ1n) is 11.6. The maximum absolute atomic E-state index is 13.4. The minimum Gasteiger partial charge on any atom is -0.483 e. The van der Waals surface area contributed by atoms with E-state index in [1.807, 2.05) is 25.1 Å². The van der Waals surface area contributed by atoms with Crippen LogP contribution in [0, 0.1) is 0 Å². The Hall–Kier alpha value is -1.76. The van der Waals surface area contributed by atoms with Gasteiger partial charge in [-0.2, -0.15) is 0 Å². The summed E-state index contributed by atoms with van der Waals surface area (Å²) < 4.78 is 6.62. The van der Waals surface area contributed by atoms with Gasteiger partial charge in [-0.05, 0) is 64.5 Å². The zero-order valence-corrected chi connectivity index (χ0v) is 23.3. The number of nitrogens with zero attached hydrogens (tertiary/aromatic N) is 1. The Morgan fingerprint density at radius 3 is 2.35 bits per heavy atom. The number of rotatable bonds is 12. The zero-order valence-electron chi connectivity index (χ0n) is 20.2. The van der Waals surface area contributed by atoms with Crippen LogP contribution in [0.25, 0.3) is 0 Å². The normalized spacial score (nSPS) is 11.9. The molecule has 0 saturated carbocycles. The molecular formula is C26H33BrCl2N2O3. The Labute approximate surface area is 221 Å². The third-order valence-corrected chi connectivity index (χ3v) is 6.91. The fourth-order valence-electron chi connectivity index (χ4n) is 3.50. The maximum Gasteiger partial charge on any atom is 0.261 e. The number of carbonyl (C=O) groups excluding carboxylic acids is 2. The first kappa shape index (κ1) is 28.5. The summed E-state index contributed by atoms with van der Waals surface area (Å²) in [5.41, 5.74) is 1.76. The first-order valence-corrected chi connectivity index (χ1v) is 13.2. The highest BCUT2D eigenvalue weighted by Crippen LogP contribution is 2.30. The van der Waals surface area contributed by atoms with Crippen LogP contribution in [0.1, 0.15) is 64.0 Å². The molecule has 0 aliphatic carbocycles. The number of ether oxygens (including phenoxy) is 1. The van der Waals surface area contributed by atoms with Gasteiger partial charge in [-0.3, -0.25) is 9.59 Å². The minimum absolute atomic E-state index is 0.105. The Morgan fingerprint density at radius 2 is 1.79 bits per heavy atom. The lowest BCUT2D eigenvalue weighted by molar-refractivity contribution is -0.143. The quantitative estimate of drug-likeness (QED) is 0.279. The topological polar surface area (TPSA) is 58.6 Å². The lowest BCUT2D eigenvalue weighted by Gasteiger charge is -2.31. The van der Waals surface area contributed by atoms with Crippen molar-refractivity contribution in [3.63, 3.8) is 0 Å². The van der Waals surface area contributed by atoms with Crippen molar-refractivity contribution < 1.29 is 14.3 Å². The molecule has 0 fully saturated rings. The molecule has 0 unspecified atom stereocenters. The minimum atomic E-state index is -0.674. The fraction of sp³-hybridized carbons (Fsp3) is 0.462. The van der Waals surface area contributed by atoms with E-state index in [2.05, 4.69) is 42.0 Å². The number of hydrogen-bond acceptors (Lipinski definition) is 3.